The molecule has 0 unspecified atom stereocenters. The first-order valence-electron chi connectivity index (χ1n) is 10.2. The molecule has 1 saturated heterocycles. The summed E-state index contributed by atoms with van der Waals surface area (Å²) < 4.78 is 5.11. The Hall–Kier alpha value is -3.28. The number of hydrogen-bond donors (Lipinski definition) is 2. The number of carbonyl (C=O) groups is 2. The molecule has 2 aromatic rings. The van der Waals surface area contributed by atoms with Gasteiger partial charge in [-0.25, -0.2) is 0 Å². The molecule has 1 aliphatic rings. The summed E-state index contributed by atoms with van der Waals surface area (Å²) in [7, 11) is 1.45. The van der Waals surface area contributed by atoms with E-state index < -0.39 is 17.7 Å². The minimum absolute atomic E-state index is 0.0336. The van der Waals surface area contributed by atoms with Crippen LogP contribution in [0.15, 0.2) is 54.1 Å². The number of aliphatic hydroxyl groups is 1. The van der Waals surface area contributed by atoms with Crippen molar-refractivity contribution in [1.82, 2.24) is 4.90 Å². The van der Waals surface area contributed by atoms with Crippen LogP contribution in [0.25, 0.3) is 5.76 Å². The summed E-state index contributed by atoms with van der Waals surface area (Å²) in [4.78, 5) is 27.3. The summed E-state index contributed by atoms with van der Waals surface area (Å²) in [5.74, 6) is -1.37. The summed E-state index contributed by atoms with van der Waals surface area (Å²) in [5.41, 5.74) is 1.04. The number of phenols is 1. The molecule has 1 fully saturated rings. The van der Waals surface area contributed by atoms with Gasteiger partial charge in [-0.15, -0.1) is 0 Å². The summed E-state index contributed by atoms with van der Waals surface area (Å²) in [6.07, 6.45) is 3.80. The van der Waals surface area contributed by atoms with E-state index in [2.05, 4.69) is 6.92 Å². The minimum Gasteiger partial charge on any atom is -0.507 e. The van der Waals surface area contributed by atoms with Crippen LogP contribution in [-0.2, 0) is 9.59 Å². The molecular formula is C24H27NO5. The van der Waals surface area contributed by atoms with Gasteiger partial charge in [0, 0.05) is 12.1 Å². The van der Waals surface area contributed by atoms with Gasteiger partial charge in [0.2, 0.25) is 0 Å². The van der Waals surface area contributed by atoms with Gasteiger partial charge in [0.05, 0.1) is 18.7 Å². The predicted molar refractivity (Wildman–Crippen MR) is 114 cm³/mol. The van der Waals surface area contributed by atoms with E-state index in [1.807, 2.05) is 6.07 Å². The van der Waals surface area contributed by atoms with Crippen molar-refractivity contribution < 1.29 is 24.5 Å². The molecule has 3 rings (SSSR count). The van der Waals surface area contributed by atoms with Crippen molar-refractivity contribution in [3.05, 3.63) is 65.2 Å². The number of unbranched alkanes of at least 4 members (excludes halogenated alkanes) is 3. The van der Waals surface area contributed by atoms with Gasteiger partial charge in [0.25, 0.3) is 11.7 Å². The maximum absolute atomic E-state index is 12.9. The summed E-state index contributed by atoms with van der Waals surface area (Å²) in [6.45, 7) is 2.50. The Kier molecular flexibility index (Phi) is 6.77. The number of nitrogens with zero attached hydrogens (tertiary/aromatic N) is 1. The van der Waals surface area contributed by atoms with Crippen molar-refractivity contribution in [2.45, 2.75) is 38.6 Å². The van der Waals surface area contributed by atoms with Crippen molar-refractivity contribution >= 4 is 17.4 Å². The lowest BCUT2D eigenvalue weighted by Gasteiger charge is -2.25. The van der Waals surface area contributed by atoms with Gasteiger partial charge in [-0.2, -0.15) is 0 Å². The highest BCUT2D eigenvalue weighted by atomic mass is 16.5. The lowest BCUT2D eigenvalue weighted by molar-refractivity contribution is -0.139. The van der Waals surface area contributed by atoms with Crippen LogP contribution in [0.4, 0.5) is 0 Å². The molecule has 158 valence electrons. The fraction of sp³-hybridized carbons (Fsp3) is 0.333. The normalized spacial score (nSPS) is 18.1. The summed E-state index contributed by atoms with van der Waals surface area (Å²) in [5, 5.41) is 21.2. The second-order valence-electron chi connectivity index (χ2n) is 7.35. The monoisotopic (exact) mass is 409 g/mol. The molecule has 0 aliphatic carbocycles. The number of methoxy groups -OCH3 is 1. The number of hydrogen-bond acceptors (Lipinski definition) is 5. The molecule has 1 heterocycles. The highest BCUT2D eigenvalue weighted by molar-refractivity contribution is 6.46. The lowest BCUT2D eigenvalue weighted by Crippen LogP contribution is -2.30. The SMILES string of the molecule is CCCCCCN1C(=O)C(=O)C(=C(O)c2ccccc2)[C@H]1c1ccc(OC)c(O)c1. The second kappa shape index (κ2) is 9.48. The predicted octanol–water partition coefficient (Wildman–Crippen LogP) is 4.40. The maximum Gasteiger partial charge on any atom is 0.295 e. The fourth-order valence-corrected chi connectivity index (χ4v) is 3.79. The van der Waals surface area contributed by atoms with E-state index in [0.29, 0.717) is 23.4 Å². The van der Waals surface area contributed by atoms with Crippen LogP contribution < -0.4 is 4.74 Å². The van der Waals surface area contributed by atoms with Crippen molar-refractivity contribution in [3.63, 3.8) is 0 Å². The molecule has 2 aromatic carbocycles. The quantitative estimate of drug-likeness (QED) is 0.292. The molecule has 30 heavy (non-hydrogen) atoms. The standard InChI is InChI=1S/C24H27NO5/c1-3-4-5-9-14-25-21(17-12-13-19(30-2)18(26)15-17)20(23(28)24(25)29)22(27)16-10-7-6-8-11-16/h6-8,10-13,15,21,26-27H,3-5,9,14H2,1-2H3/t21-/m1/s1. The van der Waals surface area contributed by atoms with E-state index in [1.165, 1.54) is 18.1 Å². The topological polar surface area (TPSA) is 87.1 Å². The van der Waals surface area contributed by atoms with Crippen molar-refractivity contribution in [2.75, 3.05) is 13.7 Å². The number of Topliss-reactive ketones (excluding diaryl/α,β-unsaturated/α-hetero) is 1. The number of benzene rings is 2. The van der Waals surface area contributed by atoms with E-state index in [-0.39, 0.29) is 17.1 Å². The molecule has 0 aromatic heterocycles. The Morgan fingerprint density at radius 2 is 1.80 bits per heavy atom. The van der Waals surface area contributed by atoms with Gasteiger partial charge in [0.1, 0.15) is 5.76 Å². The van der Waals surface area contributed by atoms with E-state index in [9.17, 15) is 19.8 Å². The number of ether oxygens (including phenoxy) is 1. The molecule has 0 spiro atoms. The molecular weight excluding hydrogens is 382 g/mol. The fourth-order valence-electron chi connectivity index (χ4n) is 3.79. The summed E-state index contributed by atoms with van der Waals surface area (Å²) >= 11 is 0. The average molecular weight is 409 g/mol. The zero-order valence-electron chi connectivity index (χ0n) is 17.3. The molecule has 0 bridgehead atoms. The van der Waals surface area contributed by atoms with Crippen LogP contribution in [0.5, 0.6) is 11.5 Å². The Morgan fingerprint density at radius 1 is 1.07 bits per heavy atom. The highest BCUT2D eigenvalue weighted by Crippen LogP contribution is 2.41. The maximum atomic E-state index is 12.9. The first-order valence-corrected chi connectivity index (χ1v) is 10.2. The number of aliphatic hydroxyl groups excluding tert-OH is 1. The lowest BCUT2D eigenvalue weighted by atomic mass is 9.95. The third-order valence-electron chi connectivity index (χ3n) is 5.36. The van der Waals surface area contributed by atoms with Crippen molar-refractivity contribution in [2.24, 2.45) is 0 Å². The third kappa shape index (κ3) is 4.17. The Balaban J connectivity index is 2.08. The molecule has 0 saturated carbocycles. The van der Waals surface area contributed by atoms with Crippen LogP contribution in [0, 0.1) is 0 Å². The number of aromatic hydroxyl groups is 1. The number of amides is 1. The van der Waals surface area contributed by atoms with Crippen LogP contribution >= 0.6 is 0 Å². The average Bonchev–Trinajstić information content (AvgIpc) is 3.01. The van der Waals surface area contributed by atoms with Gasteiger partial charge in [-0.1, -0.05) is 62.6 Å². The zero-order chi connectivity index (χ0) is 21.7. The van der Waals surface area contributed by atoms with Crippen LogP contribution in [0.3, 0.4) is 0 Å². The van der Waals surface area contributed by atoms with Crippen molar-refractivity contribution in [3.8, 4) is 11.5 Å². The smallest absolute Gasteiger partial charge is 0.295 e. The molecule has 6 nitrogen and oxygen atoms in total. The number of phenolic OH excluding ortho intramolecular Hbond substituents is 1. The van der Waals surface area contributed by atoms with Crippen LogP contribution in [0.1, 0.15) is 49.8 Å². The van der Waals surface area contributed by atoms with E-state index in [0.717, 1.165) is 25.7 Å². The van der Waals surface area contributed by atoms with Gasteiger partial charge in [0.15, 0.2) is 11.5 Å². The molecule has 2 N–H and O–H groups in total. The number of carbonyl (C=O) groups excluding carboxylic acids is 2. The van der Waals surface area contributed by atoms with Crippen LogP contribution in [-0.4, -0.2) is 40.5 Å². The van der Waals surface area contributed by atoms with E-state index in [1.54, 1.807) is 36.4 Å². The number of rotatable bonds is 8. The first-order chi connectivity index (χ1) is 14.5. The molecule has 1 atom stereocenters. The molecule has 6 heteroatoms. The third-order valence-corrected chi connectivity index (χ3v) is 5.36. The second-order valence-corrected chi connectivity index (χ2v) is 7.35. The Bertz CT molecular complexity index is 951. The van der Waals surface area contributed by atoms with E-state index >= 15 is 0 Å². The highest BCUT2D eigenvalue weighted by Gasteiger charge is 2.45. The minimum atomic E-state index is -0.774. The van der Waals surface area contributed by atoms with Gasteiger partial charge >= 0.3 is 0 Å². The Morgan fingerprint density at radius 3 is 2.43 bits per heavy atom. The van der Waals surface area contributed by atoms with Gasteiger partial charge in [-0.3, -0.25) is 9.59 Å². The summed E-state index contributed by atoms with van der Waals surface area (Å²) in [6, 6.07) is 12.7. The van der Waals surface area contributed by atoms with Crippen LogP contribution in [0.2, 0.25) is 0 Å². The van der Waals surface area contributed by atoms with Gasteiger partial charge in [-0.05, 0) is 24.1 Å². The Labute approximate surface area is 176 Å². The van der Waals surface area contributed by atoms with Crippen molar-refractivity contribution in [1.29, 1.82) is 0 Å². The van der Waals surface area contributed by atoms with E-state index in [4.69, 9.17) is 4.74 Å². The first kappa shape index (κ1) is 21.4. The zero-order valence-corrected chi connectivity index (χ0v) is 17.3. The molecule has 0 radical (unpaired) electrons. The van der Waals surface area contributed by atoms with Gasteiger partial charge < -0.3 is 19.8 Å². The molecule has 1 amide bonds. The largest absolute Gasteiger partial charge is 0.507 e. The number of ketones is 1. The molecule has 1 aliphatic heterocycles. The number of likely N-dealkylation sites (tertiary alicyclic amines) is 1.